The number of nitrogens with zero attached hydrogens (tertiary/aromatic N) is 3. The number of rotatable bonds is 14. The van der Waals surface area contributed by atoms with Crippen LogP contribution in [0, 0.1) is 5.82 Å². The lowest BCUT2D eigenvalue weighted by atomic mass is 10.1. The number of hydrogen-bond acceptors (Lipinski definition) is 3. The van der Waals surface area contributed by atoms with E-state index >= 15 is 0 Å². The second-order valence-electron chi connectivity index (χ2n) is 9.97. The van der Waals surface area contributed by atoms with E-state index in [2.05, 4.69) is 17.3 Å². The molecule has 1 aromatic heterocycles. The molecule has 208 valence electrons. The summed E-state index contributed by atoms with van der Waals surface area (Å²) in [5.41, 5.74) is 3.13. The van der Waals surface area contributed by atoms with Crippen molar-refractivity contribution in [3.63, 3.8) is 0 Å². The second-order valence-corrected chi connectivity index (χ2v) is 9.97. The molecular weight excluding hydrogens is 503 g/mol. The van der Waals surface area contributed by atoms with Crippen LogP contribution in [-0.4, -0.2) is 33.0 Å². The highest BCUT2D eigenvalue weighted by molar-refractivity contribution is 5.94. The van der Waals surface area contributed by atoms with Crippen molar-refractivity contribution < 1.29 is 14.0 Å². The number of benzene rings is 3. The van der Waals surface area contributed by atoms with Gasteiger partial charge in [0.1, 0.15) is 18.2 Å². The van der Waals surface area contributed by atoms with E-state index in [1.165, 1.54) is 31.4 Å². The molecule has 0 saturated carbocycles. The zero-order valence-corrected chi connectivity index (χ0v) is 23.1. The van der Waals surface area contributed by atoms with Crippen LogP contribution in [0.2, 0.25) is 0 Å². The highest BCUT2D eigenvalue weighted by atomic mass is 19.1. The number of anilines is 1. The molecule has 0 fully saturated rings. The predicted octanol–water partition coefficient (Wildman–Crippen LogP) is 7.40. The van der Waals surface area contributed by atoms with Gasteiger partial charge in [-0.05, 0) is 36.2 Å². The van der Waals surface area contributed by atoms with Crippen molar-refractivity contribution >= 4 is 17.6 Å². The fourth-order valence-corrected chi connectivity index (χ4v) is 4.61. The Morgan fingerprint density at radius 3 is 2.20 bits per heavy atom. The summed E-state index contributed by atoms with van der Waals surface area (Å²) in [5, 5.41) is 7.63. The largest absolute Gasteiger partial charge is 0.329 e. The molecule has 6 nitrogen and oxygen atoms in total. The molecule has 0 aliphatic rings. The third kappa shape index (κ3) is 8.37. The van der Waals surface area contributed by atoms with E-state index < -0.39 is 0 Å². The standard InChI is InChI=1S/C33H37FN4O2/c1-2-3-4-5-6-13-18-33(40)37(24-26-14-9-7-10-15-26)25-32(39)35-31-23-30(27-16-11-8-12-17-27)36-38(31)29-21-19-28(34)20-22-29/h7-12,14-17,19-23H,2-6,13,18,24-25H2,1H3,(H,35,39). The molecule has 0 bridgehead atoms. The third-order valence-electron chi connectivity index (χ3n) is 6.77. The van der Waals surface area contributed by atoms with E-state index in [9.17, 15) is 14.0 Å². The lowest BCUT2D eigenvalue weighted by Crippen LogP contribution is -2.37. The van der Waals surface area contributed by atoms with Gasteiger partial charge >= 0.3 is 0 Å². The summed E-state index contributed by atoms with van der Waals surface area (Å²) in [5.74, 6) is -0.273. The van der Waals surface area contributed by atoms with Gasteiger partial charge in [0.25, 0.3) is 0 Å². The van der Waals surface area contributed by atoms with Crippen LogP contribution < -0.4 is 5.32 Å². The van der Waals surface area contributed by atoms with Crippen molar-refractivity contribution in [2.24, 2.45) is 0 Å². The second kappa shape index (κ2) is 14.8. The molecule has 1 N–H and O–H groups in total. The van der Waals surface area contributed by atoms with Crippen molar-refractivity contribution in [1.82, 2.24) is 14.7 Å². The van der Waals surface area contributed by atoms with Gasteiger partial charge in [-0.3, -0.25) is 9.59 Å². The minimum atomic E-state index is -0.356. The molecule has 0 aliphatic heterocycles. The number of amides is 2. The molecule has 4 rings (SSSR count). The first kappa shape index (κ1) is 28.7. The topological polar surface area (TPSA) is 67.2 Å². The number of halogens is 1. The highest BCUT2D eigenvalue weighted by Gasteiger charge is 2.20. The minimum Gasteiger partial charge on any atom is -0.329 e. The molecule has 0 spiro atoms. The summed E-state index contributed by atoms with van der Waals surface area (Å²) in [6.07, 6.45) is 6.95. The number of unbranched alkanes of at least 4 members (excludes halogenated alkanes) is 5. The average molecular weight is 541 g/mol. The first-order valence-electron chi connectivity index (χ1n) is 14.1. The summed E-state index contributed by atoms with van der Waals surface area (Å²) in [7, 11) is 0. The molecule has 0 aliphatic carbocycles. The maximum atomic E-state index is 13.6. The molecule has 2 amide bonds. The van der Waals surface area contributed by atoms with E-state index in [-0.39, 0.29) is 24.2 Å². The highest BCUT2D eigenvalue weighted by Crippen LogP contribution is 2.25. The molecule has 4 aromatic rings. The molecule has 0 atom stereocenters. The van der Waals surface area contributed by atoms with Gasteiger partial charge < -0.3 is 10.2 Å². The minimum absolute atomic E-state index is 0.0356. The number of hydrogen-bond donors (Lipinski definition) is 1. The summed E-state index contributed by atoms with van der Waals surface area (Å²) >= 11 is 0. The Labute approximate surface area is 235 Å². The number of nitrogens with one attached hydrogen (secondary N) is 1. The van der Waals surface area contributed by atoms with Crippen LogP contribution in [0.5, 0.6) is 0 Å². The van der Waals surface area contributed by atoms with Gasteiger partial charge in [-0.1, -0.05) is 99.7 Å². The lowest BCUT2D eigenvalue weighted by Gasteiger charge is -2.22. The zero-order chi connectivity index (χ0) is 28.2. The van der Waals surface area contributed by atoms with Gasteiger partial charge in [0.2, 0.25) is 11.8 Å². The van der Waals surface area contributed by atoms with Crippen LogP contribution >= 0.6 is 0 Å². The normalized spacial score (nSPS) is 10.8. The van der Waals surface area contributed by atoms with E-state index in [4.69, 9.17) is 0 Å². The monoisotopic (exact) mass is 540 g/mol. The van der Waals surface area contributed by atoms with Crippen LogP contribution in [0.3, 0.4) is 0 Å². The van der Waals surface area contributed by atoms with Crippen molar-refractivity contribution in [2.75, 3.05) is 11.9 Å². The number of aromatic nitrogens is 2. The molecular formula is C33H37FN4O2. The van der Waals surface area contributed by atoms with E-state index in [0.717, 1.165) is 30.4 Å². The fourth-order valence-electron chi connectivity index (χ4n) is 4.61. The van der Waals surface area contributed by atoms with Crippen LogP contribution in [-0.2, 0) is 16.1 Å². The van der Waals surface area contributed by atoms with E-state index in [0.29, 0.717) is 30.2 Å². The Hall–Kier alpha value is -4.26. The molecule has 7 heteroatoms. The summed E-state index contributed by atoms with van der Waals surface area (Å²) in [6, 6.07) is 27.0. The van der Waals surface area contributed by atoms with Crippen LogP contribution in [0.1, 0.15) is 57.4 Å². The molecule has 3 aromatic carbocycles. The van der Waals surface area contributed by atoms with Crippen LogP contribution in [0.4, 0.5) is 10.2 Å². The van der Waals surface area contributed by atoms with Crippen LogP contribution in [0.25, 0.3) is 16.9 Å². The zero-order valence-electron chi connectivity index (χ0n) is 23.1. The van der Waals surface area contributed by atoms with Gasteiger partial charge in [0.15, 0.2) is 0 Å². The number of carbonyl (C=O) groups is 2. The summed E-state index contributed by atoms with van der Waals surface area (Å²) < 4.78 is 15.2. The van der Waals surface area contributed by atoms with E-state index in [1.54, 1.807) is 27.8 Å². The lowest BCUT2D eigenvalue weighted by molar-refractivity contribution is -0.135. The van der Waals surface area contributed by atoms with Crippen molar-refractivity contribution in [3.8, 4) is 16.9 Å². The SMILES string of the molecule is CCCCCCCCC(=O)N(CC(=O)Nc1cc(-c2ccccc2)nn1-c1ccc(F)cc1)Cc1ccccc1. The molecule has 0 unspecified atom stereocenters. The smallest absolute Gasteiger partial charge is 0.245 e. The van der Waals surface area contributed by atoms with Crippen molar-refractivity contribution in [3.05, 3.63) is 102 Å². The third-order valence-corrected chi connectivity index (χ3v) is 6.77. The van der Waals surface area contributed by atoms with Gasteiger partial charge in [-0.2, -0.15) is 5.10 Å². The van der Waals surface area contributed by atoms with Gasteiger partial charge in [0, 0.05) is 24.6 Å². The molecule has 1 heterocycles. The molecule has 0 saturated heterocycles. The van der Waals surface area contributed by atoms with Crippen molar-refractivity contribution in [1.29, 1.82) is 0 Å². The quantitative estimate of drug-likeness (QED) is 0.170. The Morgan fingerprint density at radius 1 is 0.850 bits per heavy atom. The maximum absolute atomic E-state index is 13.6. The first-order chi connectivity index (χ1) is 19.5. The molecule has 40 heavy (non-hydrogen) atoms. The first-order valence-corrected chi connectivity index (χ1v) is 14.1. The van der Waals surface area contributed by atoms with Crippen molar-refractivity contribution in [2.45, 2.75) is 58.4 Å². The number of carbonyl (C=O) groups excluding carboxylic acids is 2. The van der Waals surface area contributed by atoms with Gasteiger partial charge in [-0.15, -0.1) is 0 Å². The molecule has 0 radical (unpaired) electrons. The fraction of sp³-hybridized carbons (Fsp3) is 0.303. The van der Waals surface area contributed by atoms with E-state index in [1.807, 2.05) is 60.7 Å². The summed E-state index contributed by atoms with van der Waals surface area (Å²) in [4.78, 5) is 28.2. The predicted molar refractivity (Wildman–Crippen MR) is 157 cm³/mol. The maximum Gasteiger partial charge on any atom is 0.245 e. The summed E-state index contributed by atoms with van der Waals surface area (Å²) in [6.45, 7) is 2.46. The van der Waals surface area contributed by atoms with Crippen LogP contribution in [0.15, 0.2) is 91.0 Å². The Bertz CT molecular complexity index is 1350. The Morgan fingerprint density at radius 2 is 1.50 bits per heavy atom. The Kier molecular flexibility index (Phi) is 10.6. The van der Waals surface area contributed by atoms with Gasteiger partial charge in [0.05, 0.1) is 11.4 Å². The average Bonchev–Trinajstić information content (AvgIpc) is 3.39. The Balaban J connectivity index is 1.50. The van der Waals surface area contributed by atoms with Gasteiger partial charge in [-0.25, -0.2) is 9.07 Å².